The van der Waals surface area contributed by atoms with Gasteiger partial charge in [-0.3, -0.25) is 0 Å². The molecule has 0 saturated heterocycles. The van der Waals surface area contributed by atoms with Crippen molar-refractivity contribution in [1.82, 2.24) is 0 Å². The molecule has 0 fully saturated rings. The van der Waals surface area contributed by atoms with Gasteiger partial charge in [-0.2, -0.15) is 5.90 Å². The van der Waals surface area contributed by atoms with Crippen LogP contribution in [0.5, 0.6) is 0 Å². The van der Waals surface area contributed by atoms with E-state index in [0.717, 1.165) is 6.42 Å². The number of hydrogen-bond donors (Lipinski definition) is 1. The average molecular weight is 87.1 g/mol. The smallest absolute Gasteiger partial charge is 0.106 e. The van der Waals surface area contributed by atoms with Crippen molar-refractivity contribution in [3.05, 3.63) is 12.3 Å². The van der Waals surface area contributed by atoms with E-state index < -0.39 is 0 Å². The van der Waals surface area contributed by atoms with E-state index in [2.05, 4.69) is 10.7 Å². The highest BCUT2D eigenvalue weighted by Crippen LogP contribution is 1.74. The fourth-order valence-corrected chi connectivity index (χ4v) is 0.152. The Balaban J connectivity index is 2.73. The van der Waals surface area contributed by atoms with Gasteiger partial charge < -0.3 is 4.84 Å². The number of nitrogens with two attached hydrogens (primary N) is 1. The highest BCUT2D eigenvalue weighted by Gasteiger charge is 1.59. The zero-order chi connectivity index (χ0) is 4.83. The SMILES string of the molecule is CC/C=C/ON. The number of hydrogen-bond acceptors (Lipinski definition) is 2. The van der Waals surface area contributed by atoms with Crippen LogP contribution in [0.15, 0.2) is 12.3 Å². The van der Waals surface area contributed by atoms with Gasteiger partial charge in [0.1, 0.15) is 6.26 Å². The predicted octanol–water partition coefficient (Wildman–Crippen LogP) is 0.800. The minimum Gasteiger partial charge on any atom is -0.420 e. The summed E-state index contributed by atoms with van der Waals surface area (Å²) < 4.78 is 0. The molecular formula is C4H9NO. The van der Waals surface area contributed by atoms with E-state index >= 15 is 0 Å². The first-order valence-corrected chi connectivity index (χ1v) is 1.92. The summed E-state index contributed by atoms with van der Waals surface area (Å²) in [6.45, 7) is 2.01. The first-order valence-electron chi connectivity index (χ1n) is 1.92. The molecule has 0 spiro atoms. The summed E-state index contributed by atoms with van der Waals surface area (Å²) in [7, 11) is 0. The van der Waals surface area contributed by atoms with Crippen LogP contribution in [0.4, 0.5) is 0 Å². The third kappa shape index (κ3) is 3.50. The lowest BCUT2D eigenvalue weighted by Gasteiger charge is -1.79. The first kappa shape index (κ1) is 5.50. The van der Waals surface area contributed by atoms with E-state index in [9.17, 15) is 0 Å². The Morgan fingerprint density at radius 1 is 1.83 bits per heavy atom. The summed E-state index contributed by atoms with van der Waals surface area (Å²) in [6.07, 6.45) is 4.26. The lowest BCUT2D eigenvalue weighted by atomic mass is 10.5. The van der Waals surface area contributed by atoms with Crippen molar-refractivity contribution in [3.8, 4) is 0 Å². The van der Waals surface area contributed by atoms with Gasteiger partial charge in [-0.05, 0) is 12.5 Å². The van der Waals surface area contributed by atoms with Crippen molar-refractivity contribution in [2.24, 2.45) is 5.90 Å². The minimum absolute atomic E-state index is 0.969. The molecule has 0 saturated carbocycles. The minimum atomic E-state index is 0.969. The maximum atomic E-state index is 4.63. The highest BCUT2D eigenvalue weighted by atomic mass is 16.6. The second-order valence-corrected chi connectivity index (χ2v) is 0.916. The molecule has 6 heavy (non-hydrogen) atoms. The molecule has 2 N–H and O–H groups in total. The van der Waals surface area contributed by atoms with Crippen molar-refractivity contribution >= 4 is 0 Å². The van der Waals surface area contributed by atoms with E-state index in [1.165, 1.54) is 6.26 Å². The van der Waals surface area contributed by atoms with E-state index in [0.29, 0.717) is 0 Å². The summed E-state index contributed by atoms with van der Waals surface area (Å²) in [6, 6.07) is 0. The van der Waals surface area contributed by atoms with Crippen molar-refractivity contribution in [2.75, 3.05) is 0 Å². The molecule has 0 aromatic rings. The Kier molecular flexibility index (Phi) is 4.12. The Hall–Kier alpha value is -0.500. The maximum Gasteiger partial charge on any atom is 0.106 e. The van der Waals surface area contributed by atoms with E-state index in [-0.39, 0.29) is 0 Å². The summed E-state index contributed by atoms with van der Waals surface area (Å²) in [5.74, 6) is 4.63. The second-order valence-electron chi connectivity index (χ2n) is 0.916. The standard InChI is InChI=1S/C4H9NO/c1-2-3-4-6-5/h3-4H,2,5H2,1H3/b4-3+. The quantitative estimate of drug-likeness (QED) is 0.399. The lowest BCUT2D eigenvalue weighted by Crippen LogP contribution is -1.86. The van der Waals surface area contributed by atoms with Gasteiger partial charge in [-0.15, -0.1) is 0 Å². The molecule has 0 unspecified atom stereocenters. The monoisotopic (exact) mass is 87.1 g/mol. The molecule has 0 atom stereocenters. The van der Waals surface area contributed by atoms with Crippen molar-refractivity contribution in [2.45, 2.75) is 13.3 Å². The average Bonchev–Trinajstić information content (AvgIpc) is 1.61. The van der Waals surface area contributed by atoms with Crippen LogP contribution in [-0.4, -0.2) is 0 Å². The molecule has 0 rings (SSSR count). The van der Waals surface area contributed by atoms with Crippen LogP contribution >= 0.6 is 0 Å². The van der Waals surface area contributed by atoms with Crippen LogP contribution < -0.4 is 5.90 Å². The molecule has 0 bridgehead atoms. The molecule has 0 aliphatic carbocycles. The second kappa shape index (κ2) is 4.50. The fourth-order valence-electron chi connectivity index (χ4n) is 0.152. The summed E-state index contributed by atoms with van der Waals surface area (Å²) >= 11 is 0. The molecule has 2 nitrogen and oxygen atoms in total. The van der Waals surface area contributed by atoms with Gasteiger partial charge in [-0.1, -0.05) is 6.92 Å². The van der Waals surface area contributed by atoms with Crippen molar-refractivity contribution < 1.29 is 4.84 Å². The Bertz CT molecular complexity index is 36.8. The molecule has 0 aliphatic rings. The zero-order valence-electron chi connectivity index (χ0n) is 3.85. The Morgan fingerprint density at radius 3 is 2.67 bits per heavy atom. The number of allylic oxidation sites excluding steroid dienone is 1. The molecule has 2 heteroatoms. The van der Waals surface area contributed by atoms with Crippen LogP contribution in [0.1, 0.15) is 13.3 Å². The van der Waals surface area contributed by atoms with Gasteiger partial charge in [0.15, 0.2) is 0 Å². The van der Waals surface area contributed by atoms with Crippen LogP contribution in [-0.2, 0) is 4.84 Å². The van der Waals surface area contributed by atoms with E-state index in [1.54, 1.807) is 0 Å². The normalized spacial score (nSPS) is 9.67. The predicted molar refractivity (Wildman–Crippen MR) is 24.7 cm³/mol. The van der Waals surface area contributed by atoms with Gasteiger partial charge >= 0.3 is 0 Å². The van der Waals surface area contributed by atoms with Gasteiger partial charge in [0.25, 0.3) is 0 Å². The van der Waals surface area contributed by atoms with Gasteiger partial charge in [0.2, 0.25) is 0 Å². The van der Waals surface area contributed by atoms with Gasteiger partial charge in [-0.25, -0.2) is 0 Å². The fraction of sp³-hybridized carbons (Fsp3) is 0.500. The Labute approximate surface area is 37.6 Å². The molecule has 0 aromatic heterocycles. The molecule has 0 aromatic carbocycles. The summed E-state index contributed by atoms with van der Waals surface area (Å²) in [4.78, 5) is 4.10. The largest absolute Gasteiger partial charge is 0.420 e. The maximum absolute atomic E-state index is 4.63. The summed E-state index contributed by atoms with van der Waals surface area (Å²) in [5.41, 5.74) is 0. The van der Waals surface area contributed by atoms with Crippen LogP contribution in [0.3, 0.4) is 0 Å². The van der Waals surface area contributed by atoms with Crippen LogP contribution in [0.2, 0.25) is 0 Å². The van der Waals surface area contributed by atoms with Gasteiger partial charge in [0, 0.05) is 0 Å². The van der Waals surface area contributed by atoms with Crippen LogP contribution in [0.25, 0.3) is 0 Å². The lowest BCUT2D eigenvalue weighted by molar-refractivity contribution is 0.260. The molecule has 0 heterocycles. The van der Waals surface area contributed by atoms with Gasteiger partial charge in [0.05, 0.1) is 0 Å². The van der Waals surface area contributed by atoms with Crippen molar-refractivity contribution in [3.63, 3.8) is 0 Å². The Morgan fingerprint density at radius 2 is 2.50 bits per heavy atom. The first-order chi connectivity index (χ1) is 2.91. The number of rotatable bonds is 2. The molecule has 0 aliphatic heterocycles. The van der Waals surface area contributed by atoms with Crippen molar-refractivity contribution in [1.29, 1.82) is 0 Å². The highest BCUT2D eigenvalue weighted by molar-refractivity contribution is 4.68. The zero-order valence-corrected chi connectivity index (χ0v) is 3.85. The third-order valence-electron chi connectivity index (χ3n) is 0.410. The topological polar surface area (TPSA) is 35.2 Å². The third-order valence-corrected chi connectivity index (χ3v) is 0.410. The van der Waals surface area contributed by atoms with Crippen LogP contribution in [0, 0.1) is 0 Å². The molecule has 0 radical (unpaired) electrons. The molecule has 0 amide bonds. The molecule has 36 valence electrons. The summed E-state index contributed by atoms with van der Waals surface area (Å²) in [5, 5.41) is 0. The molecular weight excluding hydrogens is 78.0 g/mol. The van der Waals surface area contributed by atoms with E-state index in [4.69, 9.17) is 0 Å². The van der Waals surface area contributed by atoms with E-state index in [1.807, 2.05) is 13.0 Å².